The number of amidine groups is 1. The Morgan fingerprint density at radius 1 is 1.23 bits per heavy atom. The van der Waals surface area contributed by atoms with Gasteiger partial charge in [-0.1, -0.05) is 0 Å². The van der Waals surface area contributed by atoms with E-state index in [-0.39, 0.29) is 0 Å². The number of hydrogen-bond donors (Lipinski definition) is 4. The van der Waals surface area contributed by atoms with Gasteiger partial charge in [-0.25, -0.2) is 19.2 Å². The first-order valence-electron chi connectivity index (χ1n) is 11.8. The van der Waals surface area contributed by atoms with Gasteiger partial charge in [0.15, 0.2) is 17.2 Å². The number of fused-ring (bicyclic) bond motifs is 5. The van der Waals surface area contributed by atoms with Gasteiger partial charge in [-0.15, -0.1) is 0 Å². The molecule has 10 nitrogen and oxygen atoms in total. The van der Waals surface area contributed by atoms with Crippen LogP contribution in [0.3, 0.4) is 0 Å². The van der Waals surface area contributed by atoms with Gasteiger partial charge in [0.25, 0.3) is 0 Å². The average Bonchev–Trinajstić information content (AvgIpc) is 2.98. The monoisotopic (exact) mass is 478 g/mol. The van der Waals surface area contributed by atoms with Gasteiger partial charge in [0.05, 0.1) is 5.52 Å². The van der Waals surface area contributed by atoms with Crippen molar-refractivity contribution in [3.05, 3.63) is 64.2 Å². The summed E-state index contributed by atoms with van der Waals surface area (Å²) in [4.78, 5) is 27.8. The zero-order valence-corrected chi connectivity index (χ0v) is 19.3. The first-order valence-corrected chi connectivity index (χ1v) is 11.8. The standard InChI is InChI=1S/C24H27FN8O2/c1-14-12-28-24(26,31-21(14)29-16-2-3-20-19(11-16)30-23(34)35-20)15-10-18(25)22(27-13-15)33-9-8-32-6-4-17(33)5-7-32/h2-3,10-13,17,28H,4-9,26H2,1H3,(H,29,31)(H,30,34). The number of aliphatic imine (C=N–C) groups is 1. The largest absolute Gasteiger partial charge is 0.417 e. The van der Waals surface area contributed by atoms with Crippen molar-refractivity contribution in [1.29, 1.82) is 0 Å². The molecule has 1 atom stereocenters. The molecule has 0 aliphatic carbocycles. The van der Waals surface area contributed by atoms with Crippen LogP contribution in [0.1, 0.15) is 25.3 Å². The number of piperidine rings is 1. The summed E-state index contributed by atoms with van der Waals surface area (Å²) in [5.41, 5.74) is 9.54. The molecule has 3 aromatic rings. The number of nitrogens with two attached hydrogens (primary N) is 1. The minimum atomic E-state index is -1.40. The lowest BCUT2D eigenvalue weighted by Crippen LogP contribution is -2.50. The van der Waals surface area contributed by atoms with E-state index >= 15 is 4.39 Å². The van der Waals surface area contributed by atoms with Crippen molar-refractivity contribution in [3.63, 3.8) is 0 Å². The van der Waals surface area contributed by atoms with E-state index in [2.05, 4.69) is 35.4 Å². The minimum Gasteiger partial charge on any atom is -0.408 e. The summed E-state index contributed by atoms with van der Waals surface area (Å²) >= 11 is 0. The Labute approximate surface area is 200 Å². The highest BCUT2D eigenvalue weighted by atomic mass is 19.1. The van der Waals surface area contributed by atoms with Crippen molar-refractivity contribution in [2.45, 2.75) is 31.6 Å². The van der Waals surface area contributed by atoms with Gasteiger partial charge in [-0.2, -0.15) is 0 Å². The number of nitrogens with one attached hydrogen (secondary N) is 3. The van der Waals surface area contributed by atoms with Crippen LogP contribution < -0.4 is 27.0 Å². The fraction of sp³-hybridized carbons (Fsp3) is 0.375. The van der Waals surface area contributed by atoms with E-state index in [1.807, 2.05) is 6.92 Å². The predicted molar refractivity (Wildman–Crippen MR) is 132 cm³/mol. The van der Waals surface area contributed by atoms with Crippen molar-refractivity contribution in [1.82, 2.24) is 20.2 Å². The van der Waals surface area contributed by atoms with Gasteiger partial charge in [0.2, 0.25) is 5.79 Å². The van der Waals surface area contributed by atoms with Crippen LogP contribution >= 0.6 is 0 Å². The molecule has 0 amide bonds. The number of nitrogens with zero attached hydrogens (tertiary/aromatic N) is 4. The number of anilines is 2. The van der Waals surface area contributed by atoms with E-state index in [4.69, 9.17) is 10.2 Å². The van der Waals surface area contributed by atoms with Crippen LogP contribution in [0.4, 0.5) is 15.9 Å². The summed E-state index contributed by atoms with van der Waals surface area (Å²) in [7, 11) is 0. The number of hydrogen-bond acceptors (Lipinski definition) is 9. The summed E-state index contributed by atoms with van der Waals surface area (Å²) in [6.45, 7) is 5.67. The van der Waals surface area contributed by atoms with E-state index in [9.17, 15) is 4.79 Å². The maximum absolute atomic E-state index is 15.4. The van der Waals surface area contributed by atoms with Gasteiger partial charge in [-0.3, -0.25) is 10.7 Å². The molecular weight excluding hydrogens is 451 g/mol. The summed E-state index contributed by atoms with van der Waals surface area (Å²) < 4.78 is 20.4. The Hall–Kier alpha value is -3.70. The molecule has 7 rings (SSSR count). The number of halogens is 1. The number of H-pyrrole nitrogens is 1. The number of oxazole rings is 1. The predicted octanol–water partition coefficient (Wildman–Crippen LogP) is 2.03. The number of aromatic amines is 1. The number of rotatable bonds is 3. The van der Waals surface area contributed by atoms with Gasteiger partial charge >= 0.3 is 5.76 Å². The molecule has 3 fully saturated rings. The van der Waals surface area contributed by atoms with Crippen LogP contribution in [0.5, 0.6) is 0 Å². The molecule has 35 heavy (non-hydrogen) atoms. The molecule has 3 saturated heterocycles. The van der Waals surface area contributed by atoms with Gasteiger partial charge in [-0.05, 0) is 44.0 Å². The first-order chi connectivity index (χ1) is 16.9. The van der Waals surface area contributed by atoms with E-state index in [1.54, 1.807) is 30.6 Å². The Balaban J connectivity index is 1.28. The maximum atomic E-state index is 15.4. The topological polar surface area (TPSA) is 128 Å². The van der Waals surface area contributed by atoms with Crippen molar-refractivity contribution in [2.75, 3.05) is 36.4 Å². The van der Waals surface area contributed by atoms with E-state index in [0.29, 0.717) is 40.0 Å². The minimum absolute atomic E-state index is 0.308. The van der Waals surface area contributed by atoms with E-state index in [0.717, 1.165) is 44.6 Å². The zero-order chi connectivity index (χ0) is 24.2. The van der Waals surface area contributed by atoms with Crippen molar-refractivity contribution < 1.29 is 8.81 Å². The molecule has 2 aromatic heterocycles. The Kier molecular flexibility index (Phi) is 5.11. The molecule has 1 unspecified atom stereocenters. The molecule has 0 spiro atoms. The average molecular weight is 479 g/mol. The molecule has 1 aromatic carbocycles. The summed E-state index contributed by atoms with van der Waals surface area (Å²) in [5, 5.41) is 6.30. The molecular formula is C24H27FN8O2. The highest BCUT2D eigenvalue weighted by molar-refractivity contribution is 6.08. The van der Waals surface area contributed by atoms with E-state index < -0.39 is 17.4 Å². The number of aromatic nitrogens is 2. The van der Waals surface area contributed by atoms with Crippen LogP contribution in [0.2, 0.25) is 0 Å². The van der Waals surface area contributed by atoms with Crippen LogP contribution in [0.25, 0.3) is 11.1 Å². The molecule has 0 saturated carbocycles. The zero-order valence-electron chi connectivity index (χ0n) is 19.3. The van der Waals surface area contributed by atoms with Crippen molar-refractivity contribution >= 4 is 28.4 Å². The van der Waals surface area contributed by atoms with Gasteiger partial charge in [0, 0.05) is 61.4 Å². The Morgan fingerprint density at radius 3 is 2.86 bits per heavy atom. The second-order valence-electron chi connectivity index (χ2n) is 9.34. The summed E-state index contributed by atoms with van der Waals surface area (Å²) in [6, 6.07) is 6.94. The van der Waals surface area contributed by atoms with Gasteiger partial charge in [0.1, 0.15) is 5.84 Å². The second kappa shape index (κ2) is 8.21. The summed E-state index contributed by atoms with van der Waals surface area (Å²) in [5.74, 6) is -1.43. The first kappa shape index (κ1) is 21.8. The van der Waals surface area contributed by atoms with Crippen molar-refractivity contribution in [3.8, 4) is 0 Å². The molecule has 2 bridgehead atoms. The quantitative estimate of drug-likeness (QED) is 0.450. The molecule has 4 aliphatic rings. The fourth-order valence-corrected chi connectivity index (χ4v) is 5.04. The maximum Gasteiger partial charge on any atom is 0.417 e. The lowest BCUT2D eigenvalue weighted by Gasteiger charge is -2.34. The molecule has 5 N–H and O–H groups in total. The van der Waals surface area contributed by atoms with Crippen LogP contribution in [-0.4, -0.2) is 52.9 Å². The Bertz CT molecular complexity index is 1400. The molecule has 11 heteroatoms. The van der Waals surface area contributed by atoms with Crippen LogP contribution in [0, 0.1) is 5.82 Å². The number of benzene rings is 1. The van der Waals surface area contributed by atoms with Crippen LogP contribution in [0.15, 0.2) is 56.4 Å². The highest BCUT2D eigenvalue weighted by Gasteiger charge is 2.34. The Morgan fingerprint density at radius 2 is 2.06 bits per heavy atom. The highest BCUT2D eigenvalue weighted by Crippen LogP contribution is 2.30. The third kappa shape index (κ3) is 3.96. The van der Waals surface area contributed by atoms with Gasteiger partial charge < -0.3 is 24.9 Å². The molecule has 182 valence electrons. The second-order valence-corrected chi connectivity index (χ2v) is 9.34. The molecule has 4 aliphatic heterocycles. The lowest BCUT2D eigenvalue weighted by molar-refractivity contribution is 0.250. The molecule has 6 heterocycles. The van der Waals surface area contributed by atoms with Crippen LogP contribution in [-0.2, 0) is 5.79 Å². The molecule has 0 radical (unpaired) electrons. The SMILES string of the molecule is CC1=CNC(N)(c2cnc(N3CCN4CCC3CC4)c(F)c2)N=C1Nc1ccc2oc(=O)[nH]c2c1. The normalized spacial score (nSPS) is 26.2. The number of pyridine rings is 1. The van der Waals surface area contributed by atoms with Crippen molar-refractivity contribution in [2.24, 2.45) is 10.7 Å². The third-order valence-electron chi connectivity index (χ3n) is 7.04. The fourth-order valence-electron chi connectivity index (χ4n) is 5.04. The smallest absolute Gasteiger partial charge is 0.408 e. The van der Waals surface area contributed by atoms with E-state index in [1.165, 1.54) is 6.07 Å². The lowest BCUT2D eigenvalue weighted by atomic mass is 10.0. The third-order valence-corrected chi connectivity index (χ3v) is 7.04. The summed E-state index contributed by atoms with van der Waals surface area (Å²) in [6.07, 6.45) is 5.38.